The molecule has 216 valence electrons. The van der Waals surface area contributed by atoms with Gasteiger partial charge in [-0.2, -0.15) is 0 Å². The molecule has 1 aromatic heterocycles. The Kier molecular flexibility index (Phi) is 6.51. The number of thiophene rings is 1. The summed E-state index contributed by atoms with van der Waals surface area (Å²) in [6.45, 7) is 8.45. The predicted octanol–water partition coefficient (Wildman–Crippen LogP) is 7.50. The Morgan fingerprint density at radius 3 is 2.44 bits per heavy atom. The maximum Gasteiger partial charge on any atom is 0.238 e. The fourth-order valence-corrected chi connectivity index (χ4v) is 8.26. The van der Waals surface area contributed by atoms with Gasteiger partial charge in [0.2, 0.25) is 5.91 Å². The van der Waals surface area contributed by atoms with Crippen LogP contribution in [0, 0.1) is 18.8 Å². The van der Waals surface area contributed by atoms with Crippen molar-refractivity contribution >= 4 is 45.8 Å². The first-order chi connectivity index (χ1) is 20.7. The average Bonchev–Trinajstić information content (AvgIpc) is 3.70. The summed E-state index contributed by atoms with van der Waals surface area (Å²) in [6, 6.07) is 23.9. The first-order valence-corrected chi connectivity index (χ1v) is 15.8. The van der Waals surface area contributed by atoms with Gasteiger partial charge >= 0.3 is 0 Å². The van der Waals surface area contributed by atoms with Crippen LogP contribution in [0.3, 0.4) is 0 Å². The van der Waals surface area contributed by atoms with Crippen molar-refractivity contribution in [3.63, 3.8) is 0 Å². The molecule has 3 aliphatic rings. The van der Waals surface area contributed by atoms with Crippen LogP contribution in [0.15, 0.2) is 90.3 Å². The maximum atomic E-state index is 15.0. The van der Waals surface area contributed by atoms with Crippen LogP contribution in [0.2, 0.25) is 0 Å². The summed E-state index contributed by atoms with van der Waals surface area (Å²) in [6.07, 6.45) is 3.02. The van der Waals surface area contributed by atoms with Crippen molar-refractivity contribution in [1.29, 1.82) is 0 Å². The highest BCUT2D eigenvalue weighted by Gasteiger charge is 2.70. The van der Waals surface area contributed by atoms with Gasteiger partial charge in [-0.3, -0.25) is 14.4 Å². The Morgan fingerprint density at radius 1 is 0.953 bits per heavy atom. The lowest BCUT2D eigenvalue weighted by Crippen LogP contribution is -2.51. The van der Waals surface area contributed by atoms with Gasteiger partial charge in [0.15, 0.2) is 11.6 Å². The van der Waals surface area contributed by atoms with E-state index in [4.69, 9.17) is 0 Å². The summed E-state index contributed by atoms with van der Waals surface area (Å²) < 4.78 is 0. The fourth-order valence-electron chi connectivity index (χ4n) is 7.57. The summed E-state index contributed by atoms with van der Waals surface area (Å²) in [5.74, 6) is -1.03. The molecule has 7 rings (SSSR count). The van der Waals surface area contributed by atoms with Gasteiger partial charge in [0.05, 0.1) is 16.8 Å². The minimum absolute atomic E-state index is 0.136. The molecule has 1 spiro atoms. The molecule has 43 heavy (non-hydrogen) atoms. The number of fused-ring (bicyclic) bond motifs is 6. The van der Waals surface area contributed by atoms with Gasteiger partial charge in [-0.25, -0.2) is 0 Å². The Bertz CT molecular complexity index is 1800. The number of nitrogens with zero attached hydrogens (tertiary/aromatic N) is 1. The Hall–Kier alpha value is -4.29. The van der Waals surface area contributed by atoms with E-state index in [0.717, 1.165) is 39.9 Å². The number of benzene rings is 3. The van der Waals surface area contributed by atoms with Gasteiger partial charge in [-0.05, 0) is 72.5 Å². The highest BCUT2D eigenvalue weighted by atomic mass is 32.1. The number of carbonyl (C=O) groups is 3. The zero-order chi connectivity index (χ0) is 30.0. The topological polar surface area (TPSA) is 66.5 Å². The van der Waals surface area contributed by atoms with Gasteiger partial charge in [0.25, 0.3) is 0 Å². The number of amides is 1. The number of carbonyl (C=O) groups excluding carboxylic acids is 3. The monoisotopic (exact) mass is 586 g/mol. The quantitative estimate of drug-likeness (QED) is 0.238. The van der Waals surface area contributed by atoms with E-state index in [1.807, 2.05) is 78.2 Å². The Balaban J connectivity index is 1.50. The van der Waals surface area contributed by atoms with Crippen LogP contribution in [0.4, 0.5) is 11.4 Å². The molecule has 0 unspecified atom stereocenters. The summed E-state index contributed by atoms with van der Waals surface area (Å²) in [4.78, 5) is 46.9. The smallest absolute Gasteiger partial charge is 0.238 e. The molecule has 6 heteroatoms. The second kappa shape index (κ2) is 10.2. The van der Waals surface area contributed by atoms with Crippen molar-refractivity contribution in [2.24, 2.45) is 11.8 Å². The third kappa shape index (κ3) is 4.07. The minimum Gasteiger partial charge on any atom is -0.352 e. The van der Waals surface area contributed by atoms with E-state index in [1.165, 1.54) is 11.3 Å². The normalized spacial score (nSPS) is 23.6. The molecule has 0 bridgehead atoms. The van der Waals surface area contributed by atoms with Gasteiger partial charge in [0, 0.05) is 22.5 Å². The maximum absolute atomic E-state index is 15.0. The van der Waals surface area contributed by atoms with Crippen LogP contribution >= 0.6 is 11.3 Å². The van der Waals surface area contributed by atoms with Crippen LogP contribution in [0.25, 0.3) is 5.57 Å². The Morgan fingerprint density at radius 2 is 1.72 bits per heavy atom. The number of aryl methyl sites for hydroxylation is 1. The largest absolute Gasteiger partial charge is 0.352 e. The summed E-state index contributed by atoms with van der Waals surface area (Å²) >= 11 is 1.37. The van der Waals surface area contributed by atoms with Crippen LogP contribution in [-0.2, 0) is 16.6 Å². The molecule has 0 saturated carbocycles. The minimum atomic E-state index is -1.30. The molecule has 1 amide bonds. The number of para-hydroxylation sites is 1. The van der Waals surface area contributed by atoms with Crippen molar-refractivity contribution in [1.82, 2.24) is 0 Å². The summed E-state index contributed by atoms with van der Waals surface area (Å²) in [7, 11) is 0. The first kappa shape index (κ1) is 27.5. The fraction of sp³-hybridized carbons (Fsp3) is 0.270. The van der Waals surface area contributed by atoms with Gasteiger partial charge < -0.3 is 10.2 Å². The average molecular weight is 587 g/mol. The molecule has 4 aromatic rings. The number of nitrogens with one attached hydrogen (secondary N) is 1. The lowest BCUT2D eigenvalue weighted by molar-refractivity contribution is -0.121. The third-order valence-electron chi connectivity index (χ3n) is 9.33. The number of ketones is 2. The lowest BCUT2D eigenvalue weighted by Gasteiger charge is -2.39. The van der Waals surface area contributed by atoms with Crippen molar-refractivity contribution in [2.45, 2.75) is 51.6 Å². The number of hydrogen-bond acceptors (Lipinski definition) is 5. The summed E-state index contributed by atoms with van der Waals surface area (Å²) in [5.41, 5.74) is 5.88. The van der Waals surface area contributed by atoms with E-state index in [0.29, 0.717) is 22.0 Å². The van der Waals surface area contributed by atoms with Crippen molar-refractivity contribution in [3.8, 4) is 0 Å². The second-order valence-electron chi connectivity index (χ2n) is 12.5. The van der Waals surface area contributed by atoms with E-state index in [9.17, 15) is 14.4 Å². The van der Waals surface area contributed by atoms with Gasteiger partial charge in [0.1, 0.15) is 11.5 Å². The molecule has 1 saturated heterocycles. The molecule has 3 aliphatic heterocycles. The highest BCUT2D eigenvalue weighted by molar-refractivity contribution is 7.12. The van der Waals surface area contributed by atoms with E-state index < -0.39 is 23.4 Å². The highest BCUT2D eigenvalue weighted by Crippen LogP contribution is 2.59. The standard InChI is InChI=1S/C37H34N2O3S/c1-21(2)18-24-12-14-25(15-13-24)34(40)32-33(35(41)30-10-7-17-43-30)39-29-16-11-22(3)19-26(29)23(4)20-31(39)37(32)27-8-5-6-9-28(27)38-36(37)42/h5-17,19-21,31-33H,18H2,1-4H3,(H,38,42)/t31-,32-,33-,37-/m0/s1. The molecular formula is C37H34N2O3S. The van der Waals surface area contributed by atoms with E-state index in [1.54, 1.807) is 0 Å². The molecular weight excluding hydrogens is 552 g/mol. The zero-order valence-electron chi connectivity index (χ0n) is 24.8. The molecule has 3 aromatic carbocycles. The summed E-state index contributed by atoms with van der Waals surface area (Å²) in [5, 5.41) is 5.00. The molecule has 0 radical (unpaired) electrons. The zero-order valence-corrected chi connectivity index (χ0v) is 25.6. The number of rotatable bonds is 6. The van der Waals surface area contributed by atoms with Crippen LogP contribution in [0.1, 0.15) is 63.1 Å². The van der Waals surface area contributed by atoms with Crippen LogP contribution in [0.5, 0.6) is 0 Å². The molecule has 4 atom stereocenters. The lowest BCUT2D eigenvalue weighted by atomic mass is 9.64. The van der Waals surface area contributed by atoms with E-state index >= 15 is 0 Å². The number of hydrogen-bond donors (Lipinski definition) is 1. The Labute approximate surface area is 256 Å². The van der Waals surface area contributed by atoms with E-state index in [-0.39, 0.29) is 17.5 Å². The molecule has 5 nitrogen and oxygen atoms in total. The van der Waals surface area contributed by atoms with Crippen molar-refractivity contribution in [2.75, 3.05) is 10.2 Å². The van der Waals surface area contributed by atoms with Crippen molar-refractivity contribution < 1.29 is 14.4 Å². The number of Topliss-reactive ketones (excluding diaryl/α,β-unsaturated/α-hetero) is 2. The van der Waals surface area contributed by atoms with Gasteiger partial charge in [-0.15, -0.1) is 11.3 Å². The molecule has 0 aliphatic carbocycles. The van der Waals surface area contributed by atoms with Gasteiger partial charge in [-0.1, -0.05) is 80.1 Å². The molecule has 4 heterocycles. The van der Waals surface area contributed by atoms with E-state index in [2.05, 4.69) is 50.1 Å². The molecule has 1 fully saturated rings. The van der Waals surface area contributed by atoms with Crippen molar-refractivity contribution in [3.05, 3.63) is 123 Å². The third-order valence-corrected chi connectivity index (χ3v) is 10.2. The number of allylic oxidation sites excluding steroid dienone is 1. The SMILES string of the molecule is CC1=C[C@@H]2N(c3ccc(C)cc31)[C@H](C(=O)c1cccs1)[C@@H](C(=O)c1ccc(CC(C)C)cc1)[C@@]21C(=O)Nc2ccccc21. The van der Waals surface area contributed by atoms with Crippen LogP contribution in [-0.4, -0.2) is 29.6 Å². The predicted molar refractivity (Wildman–Crippen MR) is 173 cm³/mol. The number of anilines is 2. The molecule has 1 N–H and O–H groups in total. The van der Waals surface area contributed by atoms with Crippen LogP contribution < -0.4 is 10.2 Å². The first-order valence-electron chi connectivity index (χ1n) is 14.9. The second-order valence-corrected chi connectivity index (χ2v) is 13.5.